The van der Waals surface area contributed by atoms with Crippen LogP contribution in [0.4, 0.5) is 0 Å². The largest absolute Gasteiger partial charge is 0.389 e. The van der Waals surface area contributed by atoms with Crippen molar-refractivity contribution in [3.63, 3.8) is 0 Å². The van der Waals surface area contributed by atoms with Crippen molar-refractivity contribution in [1.29, 1.82) is 0 Å². The molecule has 0 spiro atoms. The van der Waals surface area contributed by atoms with E-state index in [0.29, 0.717) is 5.92 Å². The van der Waals surface area contributed by atoms with Gasteiger partial charge in [0.05, 0.1) is 11.5 Å². The van der Waals surface area contributed by atoms with E-state index in [1.54, 1.807) is 12.3 Å². The Bertz CT molecular complexity index is 836. The first-order valence-electron chi connectivity index (χ1n) is 9.42. The van der Waals surface area contributed by atoms with Gasteiger partial charge in [-0.3, -0.25) is 14.6 Å². The summed E-state index contributed by atoms with van der Waals surface area (Å²) in [5, 5.41) is 15.6. The van der Waals surface area contributed by atoms with Gasteiger partial charge < -0.3 is 20.3 Å². The van der Waals surface area contributed by atoms with Crippen LogP contribution in [-0.2, 0) is 4.79 Å². The standard InChI is InChI=1S/C20H24N4O3/c25-16(13-23-19(27)20-6-3-4-14(20)11-20)12-22-18(26)17-10-15(5-7-21-17)24-8-1-2-9-24/h1-2,5,7-10,14,16,25H,3-4,6,11-13H2,(H,22,26)(H,23,27)/t14-,16?,20-/m1/s1. The lowest BCUT2D eigenvalue weighted by molar-refractivity contribution is -0.127. The maximum absolute atomic E-state index is 12.3. The second-order valence-electron chi connectivity index (χ2n) is 7.51. The number of nitrogens with one attached hydrogen (secondary N) is 2. The minimum atomic E-state index is -0.833. The van der Waals surface area contributed by atoms with Gasteiger partial charge in [-0.1, -0.05) is 6.42 Å². The molecule has 0 bridgehead atoms. The van der Waals surface area contributed by atoms with E-state index in [-0.39, 0.29) is 36.0 Å². The van der Waals surface area contributed by atoms with Crippen LogP contribution in [0.15, 0.2) is 42.9 Å². The lowest BCUT2D eigenvalue weighted by atomic mass is 10.0. The number of aliphatic hydroxyl groups excluding tert-OH is 1. The molecule has 0 aromatic carbocycles. The lowest BCUT2D eigenvalue weighted by Crippen LogP contribution is -2.42. The first-order valence-corrected chi connectivity index (χ1v) is 9.42. The summed E-state index contributed by atoms with van der Waals surface area (Å²) in [4.78, 5) is 28.7. The molecule has 4 rings (SSSR count). The zero-order valence-corrected chi connectivity index (χ0v) is 15.1. The molecule has 142 valence electrons. The monoisotopic (exact) mass is 368 g/mol. The Morgan fingerprint density at radius 3 is 2.78 bits per heavy atom. The first kappa shape index (κ1) is 17.7. The van der Waals surface area contributed by atoms with Crippen molar-refractivity contribution in [2.75, 3.05) is 13.1 Å². The Kier molecular flexibility index (Phi) is 4.70. The van der Waals surface area contributed by atoms with Gasteiger partial charge in [0.25, 0.3) is 5.91 Å². The van der Waals surface area contributed by atoms with E-state index in [4.69, 9.17) is 0 Å². The summed E-state index contributed by atoms with van der Waals surface area (Å²) in [6.07, 6.45) is 8.71. The second kappa shape index (κ2) is 7.15. The van der Waals surface area contributed by atoms with Crippen molar-refractivity contribution in [1.82, 2.24) is 20.2 Å². The van der Waals surface area contributed by atoms with Crippen LogP contribution in [0.25, 0.3) is 5.69 Å². The van der Waals surface area contributed by atoms with Gasteiger partial charge in [0.2, 0.25) is 5.91 Å². The van der Waals surface area contributed by atoms with Gasteiger partial charge in [-0.05, 0) is 49.4 Å². The Morgan fingerprint density at radius 2 is 2.07 bits per heavy atom. The average Bonchev–Trinajstić information content (AvgIpc) is 3.07. The highest BCUT2D eigenvalue weighted by molar-refractivity contribution is 5.92. The SMILES string of the molecule is O=C(NCC(O)CNC(=O)[C@@]12CCC[C@@H]1C2)c1cc(-n2cccc2)ccn1. The molecule has 2 fully saturated rings. The molecule has 0 saturated heterocycles. The maximum Gasteiger partial charge on any atom is 0.270 e. The fourth-order valence-corrected chi connectivity index (χ4v) is 4.09. The minimum Gasteiger partial charge on any atom is -0.389 e. The third-order valence-electron chi connectivity index (χ3n) is 5.73. The number of fused-ring (bicyclic) bond motifs is 1. The van der Waals surface area contributed by atoms with Crippen molar-refractivity contribution in [3.8, 4) is 5.69 Å². The number of pyridine rings is 1. The van der Waals surface area contributed by atoms with Crippen LogP contribution in [-0.4, -0.2) is 45.7 Å². The summed E-state index contributed by atoms with van der Waals surface area (Å²) in [6.45, 7) is 0.204. The van der Waals surface area contributed by atoms with Crippen molar-refractivity contribution in [2.45, 2.75) is 31.8 Å². The molecule has 3 atom stereocenters. The van der Waals surface area contributed by atoms with Gasteiger partial charge in [0.15, 0.2) is 0 Å². The van der Waals surface area contributed by atoms with Crippen LogP contribution >= 0.6 is 0 Å². The third-order valence-corrected chi connectivity index (χ3v) is 5.73. The summed E-state index contributed by atoms with van der Waals surface area (Å²) in [5.74, 6) is 0.232. The van der Waals surface area contributed by atoms with E-state index in [1.807, 2.05) is 35.2 Å². The fraction of sp³-hybridized carbons (Fsp3) is 0.450. The van der Waals surface area contributed by atoms with Gasteiger partial charge in [-0.25, -0.2) is 0 Å². The number of amides is 2. The minimum absolute atomic E-state index is 0.0523. The Labute approximate surface area is 157 Å². The molecule has 7 nitrogen and oxygen atoms in total. The molecule has 2 aliphatic rings. The maximum atomic E-state index is 12.3. The van der Waals surface area contributed by atoms with E-state index >= 15 is 0 Å². The molecular formula is C20H24N4O3. The molecule has 0 aliphatic heterocycles. The van der Waals surface area contributed by atoms with Gasteiger partial charge in [-0.15, -0.1) is 0 Å². The number of hydrogen-bond acceptors (Lipinski definition) is 4. The van der Waals surface area contributed by atoms with Crippen LogP contribution < -0.4 is 10.6 Å². The van der Waals surface area contributed by atoms with E-state index in [1.165, 1.54) is 0 Å². The van der Waals surface area contributed by atoms with Crippen LogP contribution in [0.2, 0.25) is 0 Å². The molecule has 2 aromatic rings. The molecule has 3 N–H and O–H groups in total. The van der Waals surface area contributed by atoms with Gasteiger partial charge in [0.1, 0.15) is 5.69 Å². The highest BCUT2D eigenvalue weighted by atomic mass is 16.3. The highest BCUT2D eigenvalue weighted by Crippen LogP contribution is 2.63. The average molecular weight is 368 g/mol. The number of carbonyl (C=O) groups excluding carboxylic acids is 2. The molecule has 2 heterocycles. The summed E-state index contributed by atoms with van der Waals surface area (Å²) < 4.78 is 1.89. The molecular weight excluding hydrogens is 344 g/mol. The van der Waals surface area contributed by atoms with Crippen molar-refractivity contribution in [2.24, 2.45) is 11.3 Å². The second-order valence-corrected chi connectivity index (χ2v) is 7.51. The van der Waals surface area contributed by atoms with Gasteiger partial charge in [0, 0.05) is 37.4 Å². The Balaban J connectivity index is 1.25. The van der Waals surface area contributed by atoms with E-state index < -0.39 is 6.10 Å². The predicted molar refractivity (Wildman–Crippen MR) is 99.3 cm³/mol. The molecule has 2 saturated carbocycles. The molecule has 1 unspecified atom stereocenters. The van der Waals surface area contributed by atoms with Crippen molar-refractivity contribution >= 4 is 11.8 Å². The van der Waals surface area contributed by atoms with Crippen molar-refractivity contribution in [3.05, 3.63) is 48.5 Å². The number of nitrogens with zero attached hydrogens (tertiary/aromatic N) is 2. The van der Waals surface area contributed by atoms with Crippen LogP contribution in [0.3, 0.4) is 0 Å². The summed E-state index contributed by atoms with van der Waals surface area (Å²) >= 11 is 0. The number of hydrogen-bond donors (Lipinski definition) is 3. The summed E-state index contributed by atoms with van der Waals surface area (Å²) in [6, 6.07) is 7.31. The number of aromatic nitrogens is 2. The normalized spacial score (nSPS) is 24.1. The Morgan fingerprint density at radius 1 is 1.30 bits per heavy atom. The van der Waals surface area contributed by atoms with E-state index in [2.05, 4.69) is 15.6 Å². The summed E-state index contributed by atoms with van der Waals surface area (Å²) in [7, 11) is 0. The first-order chi connectivity index (χ1) is 13.1. The molecule has 2 amide bonds. The Hall–Kier alpha value is -2.67. The van der Waals surface area contributed by atoms with E-state index in [0.717, 1.165) is 31.4 Å². The van der Waals surface area contributed by atoms with Crippen LogP contribution in [0.1, 0.15) is 36.2 Å². The number of aliphatic hydroxyl groups is 1. The molecule has 7 heteroatoms. The molecule has 27 heavy (non-hydrogen) atoms. The van der Waals surface area contributed by atoms with Crippen molar-refractivity contribution < 1.29 is 14.7 Å². The lowest BCUT2D eigenvalue weighted by Gasteiger charge is -2.16. The highest BCUT2D eigenvalue weighted by Gasteiger charge is 2.61. The zero-order chi connectivity index (χ0) is 18.9. The van der Waals surface area contributed by atoms with Gasteiger partial charge >= 0.3 is 0 Å². The number of rotatable bonds is 7. The number of carbonyl (C=O) groups is 2. The third kappa shape index (κ3) is 3.60. The summed E-state index contributed by atoms with van der Waals surface area (Å²) in [5.41, 5.74) is 0.956. The molecule has 2 aromatic heterocycles. The van der Waals surface area contributed by atoms with Crippen LogP contribution in [0, 0.1) is 11.3 Å². The van der Waals surface area contributed by atoms with Gasteiger partial charge in [-0.2, -0.15) is 0 Å². The quantitative estimate of drug-likeness (QED) is 0.686. The zero-order valence-electron chi connectivity index (χ0n) is 15.1. The molecule has 2 aliphatic carbocycles. The van der Waals surface area contributed by atoms with Crippen LogP contribution in [0.5, 0.6) is 0 Å². The predicted octanol–water partition coefficient (Wildman–Crippen LogP) is 1.27. The molecule has 0 radical (unpaired) electrons. The van der Waals surface area contributed by atoms with E-state index in [9.17, 15) is 14.7 Å². The smallest absolute Gasteiger partial charge is 0.270 e. The topological polar surface area (TPSA) is 96.3 Å². The fourth-order valence-electron chi connectivity index (χ4n) is 4.09.